The predicted octanol–water partition coefficient (Wildman–Crippen LogP) is 2.91. The molecule has 76 valence electrons. The Kier molecular flexibility index (Phi) is 3.72. The third kappa shape index (κ3) is 1.99. The van der Waals surface area contributed by atoms with Crippen LogP contribution in [0, 0.1) is 5.82 Å². The molecule has 1 aromatic rings. The number of benzene rings is 1. The highest BCUT2D eigenvalue weighted by molar-refractivity contribution is 6.33. The van der Waals surface area contributed by atoms with Gasteiger partial charge in [0.05, 0.1) is 23.6 Å². The van der Waals surface area contributed by atoms with E-state index in [1.165, 1.54) is 19.2 Å². The maximum atomic E-state index is 13.4. The average Bonchev–Trinajstić information content (AvgIpc) is 2.20. The molecule has 0 unspecified atom stereocenters. The smallest absolute Gasteiger partial charge is 0.184 e. The number of Topliss-reactive ketones (excluding diaryl/α,β-unsaturated/α-hetero) is 1. The van der Waals surface area contributed by atoms with Crippen molar-refractivity contribution in [2.24, 2.45) is 0 Å². The van der Waals surface area contributed by atoms with Crippen LogP contribution in [0.25, 0.3) is 0 Å². The molecule has 2 nitrogen and oxygen atoms in total. The Morgan fingerprint density at radius 3 is 2.71 bits per heavy atom. The number of ketones is 1. The summed E-state index contributed by atoms with van der Waals surface area (Å²) in [7, 11) is 1.34. The van der Waals surface area contributed by atoms with Gasteiger partial charge in [0, 0.05) is 0 Å². The average molecular weight is 237 g/mol. The number of carbonyl (C=O) groups is 1. The minimum absolute atomic E-state index is 0.126. The van der Waals surface area contributed by atoms with Crippen molar-refractivity contribution in [2.45, 2.75) is 0 Å². The molecule has 0 atom stereocenters. The molecule has 0 aliphatic heterocycles. The molecule has 1 aromatic carbocycles. The highest BCUT2D eigenvalue weighted by Crippen LogP contribution is 2.27. The maximum absolute atomic E-state index is 13.4. The van der Waals surface area contributed by atoms with E-state index in [9.17, 15) is 9.18 Å². The van der Waals surface area contributed by atoms with Crippen molar-refractivity contribution in [3.8, 4) is 5.75 Å². The van der Waals surface area contributed by atoms with Crippen LogP contribution in [-0.4, -0.2) is 18.8 Å². The first kappa shape index (κ1) is 11.3. The van der Waals surface area contributed by atoms with Gasteiger partial charge in [-0.3, -0.25) is 4.79 Å². The number of alkyl halides is 1. The summed E-state index contributed by atoms with van der Waals surface area (Å²) in [5.41, 5.74) is -0.199. The highest BCUT2D eigenvalue weighted by atomic mass is 35.5. The molecular weight excluding hydrogens is 230 g/mol. The largest absolute Gasteiger partial charge is 0.496 e. The van der Waals surface area contributed by atoms with Gasteiger partial charge in [0.1, 0.15) is 5.75 Å². The first-order chi connectivity index (χ1) is 6.61. The third-order valence-corrected chi connectivity index (χ3v) is 2.21. The molecular formula is C9H7Cl2FO2. The molecule has 0 N–H and O–H groups in total. The first-order valence-corrected chi connectivity index (χ1v) is 4.64. The summed E-state index contributed by atoms with van der Waals surface area (Å²) in [5, 5.41) is -0.126. The van der Waals surface area contributed by atoms with Gasteiger partial charge in [-0.1, -0.05) is 11.6 Å². The summed E-state index contributed by atoms with van der Waals surface area (Å²) in [5.74, 6) is -1.52. The van der Waals surface area contributed by atoms with Crippen LogP contribution in [0.1, 0.15) is 10.4 Å². The molecule has 1 rings (SSSR count). The molecule has 14 heavy (non-hydrogen) atoms. The van der Waals surface area contributed by atoms with Crippen molar-refractivity contribution >= 4 is 29.0 Å². The quantitative estimate of drug-likeness (QED) is 0.596. The molecule has 0 fully saturated rings. The molecule has 0 aliphatic rings. The molecule has 0 aromatic heterocycles. The number of rotatable bonds is 3. The lowest BCUT2D eigenvalue weighted by Gasteiger charge is -2.07. The Hall–Kier alpha value is -0.800. The van der Waals surface area contributed by atoms with E-state index < -0.39 is 11.6 Å². The fraction of sp³-hybridized carbons (Fsp3) is 0.222. The molecule has 0 bridgehead atoms. The minimum atomic E-state index is -0.795. The Bertz CT molecular complexity index is 366. The van der Waals surface area contributed by atoms with Crippen LogP contribution in [0.4, 0.5) is 4.39 Å². The summed E-state index contributed by atoms with van der Waals surface area (Å²) in [6.07, 6.45) is 0. The van der Waals surface area contributed by atoms with Crippen LogP contribution in [-0.2, 0) is 0 Å². The normalized spacial score (nSPS) is 10.0. The van der Waals surface area contributed by atoms with Gasteiger partial charge in [-0.2, -0.15) is 0 Å². The Morgan fingerprint density at radius 1 is 1.57 bits per heavy atom. The van der Waals surface area contributed by atoms with E-state index in [2.05, 4.69) is 0 Å². The van der Waals surface area contributed by atoms with E-state index in [1.807, 2.05) is 0 Å². The molecule has 0 saturated carbocycles. The van der Waals surface area contributed by atoms with Crippen LogP contribution >= 0.6 is 23.2 Å². The van der Waals surface area contributed by atoms with E-state index in [0.717, 1.165) is 0 Å². The molecule has 0 spiro atoms. The number of ether oxygens (including phenoxy) is 1. The van der Waals surface area contributed by atoms with Crippen LogP contribution < -0.4 is 4.74 Å². The van der Waals surface area contributed by atoms with E-state index in [-0.39, 0.29) is 22.2 Å². The number of hydrogen-bond acceptors (Lipinski definition) is 2. The van der Waals surface area contributed by atoms with Crippen LogP contribution in [0.2, 0.25) is 5.02 Å². The predicted molar refractivity (Wildman–Crippen MR) is 53.0 cm³/mol. The summed E-state index contributed by atoms with van der Waals surface area (Å²) < 4.78 is 18.2. The van der Waals surface area contributed by atoms with Gasteiger partial charge in [0.15, 0.2) is 11.6 Å². The Balaban J connectivity index is 3.35. The SMILES string of the molecule is COc1ccc(Cl)c(F)c1C(=O)CCl. The first-order valence-electron chi connectivity index (χ1n) is 3.73. The lowest BCUT2D eigenvalue weighted by atomic mass is 10.1. The minimum Gasteiger partial charge on any atom is -0.496 e. The molecule has 5 heteroatoms. The van der Waals surface area contributed by atoms with Crippen molar-refractivity contribution in [3.63, 3.8) is 0 Å². The van der Waals surface area contributed by atoms with Crippen LogP contribution in [0.15, 0.2) is 12.1 Å². The highest BCUT2D eigenvalue weighted by Gasteiger charge is 2.19. The van der Waals surface area contributed by atoms with Crippen LogP contribution in [0.5, 0.6) is 5.75 Å². The van der Waals surface area contributed by atoms with Gasteiger partial charge in [0.25, 0.3) is 0 Å². The molecule has 0 aliphatic carbocycles. The lowest BCUT2D eigenvalue weighted by Crippen LogP contribution is -2.07. The standard InChI is InChI=1S/C9H7Cl2FO2/c1-14-7-3-2-5(11)9(12)8(7)6(13)4-10/h2-3H,4H2,1H3. The van der Waals surface area contributed by atoms with Gasteiger partial charge < -0.3 is 4.74 Å². The molecule has 0 saturated heterocycles. The lowest BCUT2D eigenvalue weighted by molar-refractivity contribution is 0.101. The van der Waals surface area contributed by atoms with Gasteiger partial charge in [-0.15, -0.1) is 11.6 Å². The number of methoxy groups -OCH3 is 1. The molecule has 0 radical (unpaired) electrons. The summed E-state index contributed by atoms with van der Waals surface area (Å²) >= 11 is 10.8. The van der Waals surface area contributed by atoms with Gasteiger partial charge in [0.2, 0.25) is 0 Å². The van der Waals surface area contributed by atoms with Crippen molar-refractivity contribution < 1.29 is 13.9 Å². The van der Waals surface area contributed by atoms with Crippen LogP contribution in [0.3, 0.4) is 0 Å². The zero-order valence-corrected chi connectivity index (χ0v) is 8.82. The van der Waals surface area contributed by atoms with Gasteiger partial charge in [-0.25, -0.2) is 4.39 Å². The van der Waals surface area contributed by atoms with E-state index in [0.29, 0.717) is 0 Å². The van der Waals surface area contributed by atoms with E-state index in [1.54, 1.807) is 0 Å². The second-order valence-electron chi connectivity index (χ2n) is 2.50. The maximum Gasteiger partial charge on any atom is 0.184 e. The molecule has 0 heterocycles. The fourth-order valence-electron chi connectivity index (χ4n) is 1.03. The van der Waals surface area contributed by atoms with Gasteiger partial charge in [-0.05, 0) is 12.1 Å². The summed E-state index contributed by atoms with van der Waals surface area (Å²) in [6, 6.07) is 2.74. The third-order valence-electron chi connectivity index (χ3n) is 1.68. The topological polar surface area (TPSA) is 26.3 Å². The zero-order chi connectivity index (χ0) is 10.7. The second kappa shape index (κ2) is 4.62. The second-order valence-corrected chi connectivity index (χ2v) is 3.17. The zero-order valence-electron chi connectivity index (χ0n) is 7.31. The number of carbonyl (C=O) groups excluding carboxylic acids is 1. The summed E-state index contributed by atoms with van der Waals surface area (Å²) in [6.45, 7) is 0. The van der Waals surface area contributed by atoms with Crippen molar-refractivity contribution in [1.29, 1.82) is 0 Å². The fourth-order valence-corrected chi connectivity index (χ4v) is 1.32. The van der Waals surface area contributed by atoms with Gasteiger partial charge >= 0.3 is 0 Å². The monoisotopic (exact) mass is 236 g/mol. The Morgan fingerprint density at radius 2 is 2.21 bits per heavy atom. The Labute approximate surface area is 90.6 Å². The van der Waals surface area contributed by atoms with Crippen molar-refractivity contribution in [3.05, 3.63) is 28.5 Å². The van der Waals surface area contributed by atoms with E-state index in [4.69, 9.17) is 27.9 Å². The number of hydrogen-bond donors (Lipinski definition) is 0. The van der Waals surface area contributed by atoms with Crippen molar-refractivity contribution in [1.82, 2.24) is 0 Å². The van der Waals surface area contributed by atoms with E-state index >= 15 is 0 Å². The number of halogens is 3. The van der Waals surface area contributed by atoms with Crippen molar-refractivity contribution in [2.75, 3.05) is 13.0 Å². The summed E-state index contributed by atoms with van der Waals surface area (Å²) in [4.78, 5) is 11.3. The molecule has 0 amide bonds.